The number of nitrogens with zero attached hydrogens (tertiary/aromatic N) is 3. The van der Waals surface area contributed by atoms with Crippen molar-refractivity contribution in [2.45, 2.75) is 6.92 Å². The highest BCUT2D eigenvalue weighted by atomic mass is 35.5. The lowest BCUT2D eigenvalue weighted by molar-refractivity contribution is -0.113. The summed E-state index contributed by atoms with van der Waals surface area (Å²) in [5.41, 5.74) is 0.201. The van der Waals surface area contributed by atoms with E-state index >= 15 is 0 Å². The highest BCUT2D eigenvalue weighted by molar-refractivity contribution is 8.15. The van der Waals surface area contributed by atoms with Crippen molar-refractivity contribution in [1.29, 1.82) is 0 Å². The van der Waals surface area contributed by atoms with Crippen LogP contribution in [0.4, 0.5) is 11.4 Å². The number of nitrogens with one attached hydrogen (secondary N) is 1. The van der Waals surface area contributed by atoms with Crippen LogP contribution in [0, 0.1) is 6.92 Å². The summed E-state index contributed by atoms with van der Waals surface area (Å²) >= 11 is 13.0. The fourth-order valence-corrected chi connectivity index (χ4v) is 4.10. The van der Waals surface area contributed by atoms with Crippen molar-refractivity contribution in [3.8, 4) is 5.88 Å². The first-order valence-electron chi connectivity index (χ1n) is 9.61. The molecule has 11 heteroatoms. The molecule has 3 rings (SSSR count). The molecule has 0 unspecified atom stereocenters. The minimum absolute atomic E-state index is 0.0849. The molecule has 2 aromatic carbocycles. The molecule has 0 spiro atoms. The number of hydrogen-bond acceptors (Lipinski definition) is 6. The van der Waals surface area contributed by atoms with E-state index in [1.165, 1.54) is 14.1 Å². The van der Waals surface area contributed by atoms with E-state index in [0.29, 0.717) is 16.4 Å². The van der Waals surface area contributed by atoms with Crippen LogP contribution in [-0.2, 0) is 18.9 Å². The van der Waals surface area contributed by atoms with Crippen LogP contribution in [0.25, 0.3) is 0 Å². The van der Waals surface area contributed by atoms with E-state index in [4.69, 9.17) is 23.2 Å². The minimum Gasteiger partial charge on any atom is -0.494 e. The van der Waals surface area contributed by atoms with Crippen LogP contribution in [0.15, 0.2) is 57.0 Å². The average Bonchev–Trinajstić information content (AvgIpc) is 2.78. The molecule has 0 saturated carbocycles. The molecule has 172 valence electrons. The minimum atomic E-state index is -0.729. The molecule has 33 heavy (non-hydrogen) atoms. The second kappa shape index (κ2) is 10.3. The van der Waals surface area contributed by atoms with E-state index in [0.717, 1.165) is 26.5 Å². The van der Waals surface area contributed by atoms with Crippen molar-refractivity contribution in [3.05, 3.63) is 84.5 Å². The summed E-state index contributed by atoms with van der Waals surface area (Å²) in [4.78, 5) is 42.1. The Hall–Kier alpha value is -3.01. The van der Waals surface area contributed by atoms with E-state index in [1.54, 1.807) is 36.4 Å². The van der Waals surface area contributed by atoms with E-state index in [2.05, 4.69) is 10.3 Å². The maximum atomic E-state index is 12.8. The predicted molar refractivity (Wildman–Crippen MR) is 134 cm³/mol. The molecule has 2 N–H and O–H groups in total. The molecular formula is C22H20Cl2N4O4S. The Morgan fingerprint density at radius 2 is 1.82 bits per heavy atom. The number of thioether (sulfide) groups is 1. The molecule has 1 aromatic heterocycles. The second-order valence-corrected chi connectivity index (χ2v) is 8.85. The van der Waals surface area contributed by atoms with Gasteiger partial charge >= 0.3 is 5.69 Å². The smallest absolute Gasteiger partial charge is 0.333 e. The van der Waals surface area contributed by atoms with Gasteiger partial charge in [-0.15, -0.1) is 0 Å². The summed E-state index contributed by atoms with van der Waals surface area (Å²) in [5.74, 6) is -1.12. The van der Waals surface area contributed by atoms with Crippen LogP contribution in [0.2, 0.25) is 10.0 Å². The van der Waals surface area contributed by atoms with Crippen LogP contribution in [-0.4, -0.2) is 30.9 Å². The van der Waals surface area contributed by atoms with Crippen molar-refractivity contribution < 1.29 is 9.90 Å². The zero-order valence-corrected chi connectivity index (χ0v) is 20.3. The second-order valence-electron chi connectivity index (χ2n) is 7.10. The number of hydrogen-bond donors (Lipinski definition) is 2. The molecule has 0 saturated heterocycles. The van der Waals surface area contributed by atoms with Crippen LogP contribution >= 0.6 is 35.0 Å². The number of benzene rings is 2. The monoisotopic (exact) mass is 506 g/mol. The number of carbonyl (C=O) groups excluding carboxylic acids is 1. The SMILES string of the molecule is Cc1cccc(N=C(SCC(=O)Nc2cccc(Cl)c2Cl)c2c(O)n(C)c(=O)n(C)c2=O)c1. The lowest BCUT2D eigenvalue weighted by Gasteiger charge is -2.13. The molecule has 0 aliphatic rings. The zero-order chi connectivity index (χ0) is 24.3. The van der Waals surface area contributed by atoms with Gasteiger partial charge in [0.15, 0.2) is 0 Å². The van der Waals surface area contributed by atoms with Gasteiger partial charge < -0.3 is 10.4 Å². The number of amides is 1. The van der Waals surface area contributed by atoms with Crippen LogP contribution in [0.1, 0.15) is 11.1 Å². The van der Waals surface area contributed by atoms with Crippen molar-refractivity contribution in [1.82, 2.24) is 9.13 Å². The molecule has 0 aliphatic heterocycles. The molecule has 1 heterocycles. The molecule has 0 radical (unpaired) electrons. The first-order chi connectivity index (χ1) is 15.6. The number of aryl methyl sites for hydroxylation is 1. The van der Waals surface area contributed by atoms with Gasteiger partial charge in [0, 0.05) is 14.1 Å². The lowest BCUT2D eigenvalue weighted by atomic mass is 10.2. The highest BCUT2D eigenvalue weighted by Gasteiger charge is 2.22. The molecule has 3 aromatic rings. The Labute approximate surface area is 203 Å². The molecule has 0 aliphatic carbocycles. The van der Waals surface area contributed by atoms with Gasteiger partial charge in [0.1, 0.15) is 10.6 Å². The number of anilines is 1. The van der Waals surface area contributed by atoms with Crippen molar-refractivity contribution >= 4 is 57.3 Å². The van der Waals surface area contributed by atoms with Gasteiger partial charge in [-0.05, 0) is 36.8 Å². The van der Waals surface area contributed by atoms with Gasteiger partial charge in [0.2, 0.25) is 11.8 Å². The summed E-state index contributed by atoms with van der Waals surface area (Å²) in [6.07, 6.45) is 0. The lowest BCUT2D eigenvalue weighted by Crippen LogP contribution is -2.39. The van der Waals surface area contributed by atoms with Gasteiger partial charge in [-0.3, -0.25) is 18.7 Å². The summed E-state index contributed by atoms with van der Waals surface area (Å²) < 4.78 is 1.81. The Balaban J connectivity index is 1.99. The van der Waals surface area contributed by atoms with E-state index in [-0.39, 0.29) is 21.4 Å². The number of halogens is 2. The molecule has 0 bridgehead atoms. The van der Waals surface area contributed by atoms with Crippen LogP contribution < -0.4 is 16.6 Å². The van der Waals surface area contributed by atoms with E-state index in [9.17, 15) is 19.5 Å². The zero-order valence-electron chi connectivity index (χ0n) is 17.9. The third kappa shape index (κ3) is 5.50. The topological polar surface area (TPSA) is 106 Å². The number of aromatic hydroxyl groups is 1. The Morgan fingerprint density at radius 1 is 1.12 bits per heavy atom. The maximum absolute atomic E-state index is 12.8. The largest absolute Gasteiger partial charge is 0.494 e. The number of carbonyl (C=O) groups is 1. The summed E-state index contributed by atoms with van der Waals surface area (Å²) in [6, 6.07) is 12.0. The summed E-state index contributed by atoms with van der Waals surface area (Å²) in [7, 11) is 2.64. The molecular weight excluding hydrogens is 487 g/mol. The molecule has 1 amide bonds. The standard InChI is InChI=1S/C22H20Cl2N4O4S/c1-12-6-4-7-13(10-12)25-19(17-20(30)27(2)22(32)28(3)21(17)31)33-11-16(29)26-15-9-5-8-14(23)18(15)24/h4-10,30H,11H2,1-3H3,(H,26,29). The first-order valence-corrected chi connectivity index (χ1v) is 11.4. The molecule has 0 fully saturated rings. The number of aromatic nitrogens is 2. The number of aliphatic imine (C=N–C) groups is 1. The Morgan fingerprint density at radius 3 is 2.52 bits per heavy atom. The van der Waals surface area contributed by atoms with Gasteiger partial charge in [-0.25, -0.2) is 9.79 Å². The average molecular weight is 507 g/mol. The summed E-state index contributed by atoms with van der Waals surface area (Å²) in [6.45, 7) is 1.89. The van der Waals surface area contributed by atoms with Crippen molar-refractivity contribution in [2.24, 2.45) is 19.1 Å². The van der Waals surface area contributed by atoms with E-state index in [1.807, 2.05) is 13.0 Å². The van der Waals surface area contributed by atoms with Gasteiger partial charge in [-0.1, -0.05) is 53.2 Å². The Bertz CT molecular complexity index is 1380. The van der Waals surface area contributed by atoms with E-state index < -0.39 is 23.0 Å². The van der Waals surface area contributed by atoms with Crippen LogP contribution in [0.3, 0.4) is 0 Å². The quantitative estimate of drug-likeness (QED) is 0.403. The van der Waals surface area contributed by atoms with Gasteiger partial charge in [-0.2, -0.15) is 0 Å². The number of rotatable bonds is 5. The van der Waals surface area contributed by atoms with Crippen molar-refractivity contribution in [3.63, 3.8) is 0 Å². The molecule has 8 nitrogen and oxygen atoms in total. The molecule has 0 atom stereocenters. The van der Waals surface area contributed by atoms with Gasteiger partial charge in [0.25, 0.3) is 5.56 Å². The van der Waals surface area contributed by atoms with Crippen LogP contribution in [0.5, 0.6) is 5.88 Å². The summed E-state index contributed by atoms with van der Waals surface area (Å²) in [5, 5.41) is 13.8. The fraction of sp³-hybridized carbons (Fsp3) is 0.182. The highest BCUT2D eigenvalue weighted by Crippen LogP contribution is 2.30. The third-order valence-electron chi connectivity index (χ3n) is 4.65. The predicted octanol–water partition coefficient (Wildman–Crippen LogP) is 3.86. The normalized spacial score (nSPS) is 11.5. The van der Waals surface area contributed by atoms with Crippen molar-refractivity contribution in [2.75, 3.05) is 11.1 Å². The fourth-order valence-electron chi connectivity index (χ4n) is 2.92. The third-order valence-corrected chi connectivity index (χ3v) is 6.44. The first kappa shape index (κ1) is 24.6. The maximum Gasteiger partial charge on any atom is 0.333 e. The Kier molecular flexibility index (Phi) is 7.68. The van der Waals surface area contributed by atoms with Gasteiger partial charge in [0.05, 0.1) is 27.2 Å².